The Hall–Kier alpha value is -1.72. The van der Waals surface area contributed by atoms with E-state index in [0.29, 0.717) is 0 Å². The van der Waals surface area contributed by atoms with E-state index in [4.69, 9.17) is 4.74 Å². The van der Waals surface area contributed by atoms with Gasteiger partial charge in [0.2, 0.25) is 0 Å². The van der Waals surface area contributed by atoms with Crippen LogP contribution in [0.15, 0.2) is 0 Å². The fraction of sp³-hybridized carbons (Fsp3) is 0.714. The number of carbonyl (C=O) groups excluding carboxylic acids is 4. The monoisotopic (exact) mass is 286 g/mol. The number of rotatable bonds is 6. The Bertz CT molecular complexity index is 418. The molecule has 0 bridgehead atoms. The minimum Gasteiger partial charge on any atom is -0.469 e. The van der Waals surface area contributed by atoms with E-state index in [9.17, 15) is 19.2 Å². The van der Waals surface area contributed by atoms with Gasteiger partial charge >= 0.3 is 11.9 Å². The topological polar surface area (TPSA) is 86.7 Å². The normalized spacial score (nSPS) is 14.1. The highest BCUT2D eigenvalue weighted by Gasteiger charge is 2.49. The fourth-order valence-electron chi connectivity index (χ4n) is 1.72. The van der Waals surface area contributed by atoms with Gasteiger partial charge in [0, 0.05) is 6.42 Å². The molecule has 0 N–H and O–H groups in total. The van der Waals surface area contributed by atoms with Crippen LogP contribution < -0.4 is 0 Å². The number of hydrogen-bond acceptors (Lipinski definition) is 6. The number of ketones is 2. The lowest BCUT2D eigenvalue weighted by molar-refractivity contribution is -0.175. The van der Waals surface area contributed by atoms with E-state index in [1.165, 1.54) is 6.92 Å². The highest BCUT2D eigenvalue weighted by molar-refractivity contribution is 6.08. The third-order valence-corrected chi connectivity index (χ3v) is 2.69. The zero-order valence-corrected chi connectivity index (χ0v) is 12.9. The second kappa shape index (κ2) is 6.63. The first-order valence-electron chi connectivity index (χ1n) is 6.25. The first-order valence-corrected chi connectivity index (χ1v) is 6.25. The molecule has 0 aromatic heterocycles. The van der Waals surface area contributed by atoms with E-state index in [1.54, 1.807) is 20.8 Å². The largest absolute Gasteiger partial charge is 0.469 e. The lowest BCUT2D eigenvalue weighted by atomic mass is 9.76. The molecule has 0 saturated carbocycles. The van der Waals surface area contributed by atoms with Gasteiger partial charge in [0.05, 0.1) is 13.5 Å². The molecule has 0 amide bonds. The molecule has 0 aliphatic rings. The lowest BCUT2D eigenvalue weighted by Crippen LogP contribution is -2.45. The van der Waals surface area contributed by atoms with Gasteiger partial charge in [0.15, 0.2) is 0 Å². The second-order valence-electron chi connectivity index (χ2n) is 5.77. The molecule has 0 aromatic rings. The van der Waals surface area contributed by atoms with Crippen LogP contribution in [0, 0.1) is 5.41 Å². The smallest absolute Gasteiger partial charge is 0.321 e. The van der Waals surface area contributed by atoms with Crippen LogP contribution in [0.2, 0.25) is 0 Å². The van der Waals surface area contributed by atoms with Crippen molar-refractivity contribution in [2.24, 2.45) is 5.41 Å². The van der Waals surface area contributed by atoms with Crippen LogP contribution in [-0.4, -0.2) is 36.2 Å². The molecule has 0 aromatic carbocycles. The molecule has 6 nitrogen and oxygen atoms in total. The molecule has 0 rings (SSSR count). The molecule has 0 heterocycles. The Balaban J connectivity index is 5.60. The molecular formula is C14H22O6. The molecule has 0 radical (unpaired) electrons. The summed E-state index contributed by atoms with van der Waals surface area (Å²) in [6.07, 6.45) is -0.889. The second-order valence-corrected chi connectivity index (χ2v) is 5.77. The zero-order valence-electron chi connectivity index (χ0n) is 12.9. The molecule has 0 aliphatic carbocycles. The molecule has 0 unspecified atom stereocenters. The summed E-state index contributed by atoms with van der Waals surface area (Å²) < 4.78 is 9.70. The van der Waals surface area contributed by atoms with Crippen molar-refractivity contribution >= 4 is 23.5 Å². The standard InChI is InChI=1S/C14H22O6/c1-9(15)7-14(10(2)16,8-11(17)19-6)12(18)20-13(3,4)5/h7-8H2,1-6H3/t14-/m0/s1. The van der Waals surface area contributed by atoms with E-state index in [1.807, 2.05) is 0 Å². The van der Waals surface area contributed by atoms with Crippen molar-refractivity contribution in [3.05, 3.63) is 0 Å². The number of carbonyl (C=O) groups is 4. The van der Waals surface area contributed by atoms with Crippen molar-refractivity contribution in [3.63, 3.8) is 0 Å². The molecule has 0 saturated heterocycles. The van der Waals surface area contributed by atoms with Gasteiger partial charge in [-0.25, -0.2) is 0 Å². The Labute approximate surface area is 118 Å². The molecule has 0 fully saturated rings. The minimum atomic E-state index is -1.81. The molecular weight excluding hydrogens is 264 g/mol. The fourth-order valence-corrected chi connectivity index (χ4v) is 1.72. The maximum absolute atomic E-state index is 12.3. The van der Waals surface area contributed by atoms with Crippen molar-refractivity contribution in [1.29, 1.82) is 0 Å². The van der Waals surface area contributed by atoms with Crippen LogP contribution in [0.4, 0.5) is 0 Å². The van der Waals surface area contributed by atoms with Crippen molar-refractivity contribution in [2.75, 3.05) is 7.11 Å². The molecule has 20 heavy (non-hydrogen) atoms. The van der Waals surface area contributed by atoms with Gasteiger partial charge in [0.25, 0.3) is 0 Å². The van der Waals surface area contributed by atoms with Crippen LogP contribution in [0.1, 0.15) is 47.5 Å². The van der Waals surface area contributed by atoms with E-state index < -0.39 is 35.2 Å². The van der Waals surface area contributed by atoms with Crippen LogP contribution in [0.5, 0.6) is 0 Å². The molecule has 1 atom stereocenters. The number of esters is 2. The van der Waals surface area contributed by atoms with E-state index in [-0.39, 0.29) is 12.2 Å². The summed E-state index contributed by atoms with van der Waals surface area (Å²) in [7, 11) is 1.15. The van der Waals surface area contributed by atoms with Crippen molar-refractivity contribution in [3.8, 4) is 0 Å². The lowest BCUT2D eigenvalue weighted by Gasteiger charge is -2.31. The maximum atomic E-state index is 12.3. The maximum Gasteiger partial charge on any atom is 0.321 e. The predicted molar refractivity (Wildman–Crippen MR) is 70.9 cm³/mol. The van der Waals surface area contributed by atoms with Crippen molar-refractivity contribution in [1.82, 2.24) is 0 Å². The summed E-state index contributed by atoms with van der Waals surface area (Å²) in [5.41, 5.74) is -2.64. The minimum absolute atomic E-state index is 0.380. The van der Waals surface area contributed by atoms with Gasteiger partial charge in [-0.05, 0) is 34.6 Å². The quantitative estimate of drug-likeness (QED) is 0.542. The third kappa shape index (κ3) is 5.11. The SMILES string of the molecule is COC(=O)C[C@@](CC(C)=O)(C(C)=O)C(=O)OC(C)(C)C. The molecule has 0 aliphatic heterocycles. The number of ether oxygens (including phenoxy) is 2. The van der Waals surface area contributed by atoms with Gasteiger partial charge < -0.3 is 9.47 Å². The van der Waals surface area contributed by atoms with Crippen LogP contribution in [-0.2, 0) is 28.7 Å². The van der Waals surface area contributed by atoms with Crippen LogP contribution >= 0.6 is 0 Å². The van der Waals surface area contributed by atoms with Gasteiger partial charge in [-0.2, -0.15) is 0 Å². The third-order valence-electron chi connectivity index (χ3n) is 2.69. The van der Waals surface area contributed by atoms with Gasteiger partial charge in [-0.1, -0.05) is 0 Å². The summed E-state index contributed by atoms with van der Waals surface area (Å²) >= 11 is 0. The predicted octanol–water partition coefficient (Wildman–Crippen LogP) is 1.45. The van der Waals surface area contributed by atoms with Gasteiger partial charge in [-0.3, -0.25) is 19.2 Å². The van der Waals surface area contributed by atoms with E-state index in [2.05, 4.69) is 4.74 Å². The van der Waals surface area contributed by atoms with Crippen molar-refractivity contribution < 1.29 is 28.7 Å². The highest BCUT2D eigenvalue weighted by atomic mass is 16.6. The van der Waals surface area contributed by atoms with Crippen LogP contribution in [0.3, 0.4) is 0 Å². The number of hydrogen-bond donors (Lipinski definition) is 0. The van der Waals surface area contributed by atoms with Gasteiger partial charge in [0.1, 0.15) is 22.6 Å². The summed E-state index contributed by atoms with van der Waals surface area (Å²) in [6.45, 7) is 7.33. The summed E-state index contributed by atoms with van der Waals surface area (Å²) in [6, 6.07) is 0. The Morgan fingerprint density at radius 1 is 0.950 bits per heavy atom. The molecule has 0 spiro atoms. The van der Waals surface area contributed by atoms with Crippen molar-refractivity contribution in [2.45, 2.75) is 53.1 Å². The molecule has 6 heteroatoms. The van der Waals surface area contributed by atoms with E-state index in [0.717, 1.165) is 14.0 Å². The summed E-state index contributed by atoms with van der Waals surface area (Å²) in [5, 5.41) is 0. The summed E-state index contributed by atoms with van der Waals surface area (Å²) in [4.78, 5) is 47.1. The van der Waals surface area contributed by atoms with Gasteiger partial charge in [-0.15, -0.1) is 0 Å². The van der Waals surface area contributed by atoms with Crippen LogP contribution in [0.25, 0.3) is 0 Å². The average molecular weight is 286 g/mol. The first-order chi connectivity index (χ1) is 8.94. The Kier molecular flexibility index (Phi) is 6.06. The number of methoxy groups -OCH3 is 1. The average Bonchev–Trinajstić information content (AvgIpc) is 2.24. The number of Topliss-reactive ketones (excluding diaryl/α,β-unsaturated/α-hetero) is 2. The zero-order chi connectivity index (χ0) is 16.1. The Morgan fingerprint density at radius 2 is 1.45 bits per heavy atom. The molecule has 114 valence electrons. The Morgan fingerprint density at radius 3 is 1.75 bits per heavy atom. The highest BCUT2D eigenvalue weighted by Crippen LogP contribution is 2.32. The first kappa shape index (κ1) is 18.3. The summed E-state index contributed by atoms with van der Waals surface area (Å²) in [5.74, 6) is -2.59. The van der Waals surface area contributed by atoms with E-state index >= 15 is 0 Å².